The van der Waals surface area contributed by atoms with Gasteiger partial charge in [0.25, 0.3) is 0 Å². The fourth-order valence-corrected chi connectivity index (χ4v) is 8.74. The summed E-state index contributed by atoms with van der Waals surface area (Å²) in [6.07, 6.45) is 20.1. The van der Waals surface area contributed by atoms with Gasteiger partial charge in [-0.05, 0) is 98.9 Å². The number of carbonyl (C=O) groups is 1. The van der Waals surface area contributed by atoms with E-state index in [0.29, 0.717) is 35.9 Å². The third kappa shape index (κ3) is 4.59. The van der Waals surface area contributed by atoms with Gasteiger partial charge in [0.2, 0.25) is 0 Å². The Kier molecular flexibility index (Phi) is 7.45. The Morgan fingerprint density at radius 1 is 0.970 bits per heavy atom. The van der Waals surface area contributed by atoms with Gasteiger partial charge < -0.3 is 5.11 Å². The molecule has 3 fully saturated rings. The zero-order valence-electron chi connectivity index (χ0n) is 21.5. The predicted molar refractivity (Wildman–Crippen MR) is 133 cm³/mol. The van der Waals surface area contributed by atoms with E-state index in [2.05, 4.69) is 26.8 Å². The van der Waals surface area contributed by atoms with Crippen molar-refractivity contribution in [1.82, 2.24) is 0 Å². The second-order valence-corrected chi connectivity index (χ2v) is 12.7. The van der Waals surface area contributed by atoms with Crippen LogP contribution >= 0.6 is 0 Å². The lowest BCUT2D eigenvalue weighted by Gasteiger charge is -2.61. The summed E-state index contributed by atoms with van der Waals surface area (Å²) in [5, 5.41) is 20.0. The summed E-state index contributed by atoms with van der Waals surface area (Å²) in [5.41, 5.74) is 1.20. The van der Waals surface area contributed by atoms with Crippen molar-refractivity contribution >= 4 is 5.78 Å². The molecule has 0 aromatic carbocycles. The van der Waals surface area contributed by atoms with E-state index in [9.17, 15) is 9.90 Å². The Bertz CT molecular complexity index is 792. The minimum Gasteiger partial charge on any atom is -0.390 e. The summed E-state index contributed by atoms with van der Waals surface area (Å²) in [5.74, 6) is 3.05. The molecule has 3 saturated carbocycles. The Balaban J connectivity index is 1.44. The van der Waals surface area contributed by atoms with Gasteiger partial charge >= 0.3 is 0 Å². The summed E-state index contributed by atoms with van der Waals surface area (Å²) in [6, 6.07) is 2.25. The molecule has 0 amide bonds. The summed E-state index contributed by atoms with van der Waals surface area (Å²) >= 11 is 0. The SMILES string of the molecule is C[C@]12CCC(=O)C=C1C[C@@H](CCCCCCCCCC#N)[C@@H]1[C@@H]2CC[C@@]2(C)[C@H]1CC[C@]2(C)O. The van der Waals surface area contributed by atoms with E-state index in [1.165, 1.54) is 63.4 Å². The zero-order valence-corrected chi connectivity index (χ0v) is 21.5. The molecule has 0 aliphatic heterocycles. The minimum absolute atomic E-state index is 0.0535. The quantitative estimate of drug-likeness (QED) is 0.367. The van der Waals surface area contributed by atoms with Crippen molar-refractivity contribution in [2.75, 3.05) is 0 Å². The van der Waals surface area contributed by atoms with Gasteiger partial charge in [-0.25, -0.2) is 0 Å². The summed E-state index contributed by atoms with van der Waals surface area (Å²) in [4.78, 5) is 12.3. The van der Waals surface area contributed by atoms with Crippen molar-refractivity contribution in [2.24, 2.45) is 34.5 Å². The summed E-state index contributed by atoms with van der Waals surface area (Å²) < 4.78 is 0. The van der Waals surface area contributed by atoms with Crippen molar-refractivity contribution in [2.45, 2.75) is 129 Å². The van der Waals surface area contributed by atoms with Gasteiger partial charge in [-0.15, -0.1) is 0 Å². The number of rotatable bonds is 9. The largest absolute Gasteiger partial charge is 0.390 e. The molecular formula is C30H47NO2. The van der Waals surface area contributed by atoms with Crippen molar-refractivity contribution in [3.05, 3.63) is 11.6 Å². The maximum absolute atomic E-state index is 12.3. The van der Waals surface area contributed by atoms with Gasteiger partial charge in [-0.3, -0.25) is 4.79 Å². The number of allylic oxidation sites excluding steroid dienone is 1. The lowest BCUT2D eigenvalue weighted by molar-refractivity contribution is -0.135. The number of nitriles is 1. The standard InChI is InChI=1S/C30H47NO2/c1-28-16-13-24(32)21-23(28)20-22(12-10-8-6-4-5-7-9-11-19-31)27-25(28)14-17-29(2)26(27)15-18-30(29,3)33/h21-22,25-27,33H,4-18,20H2,1-3H3/t22-,25+,26+,27-,28+,29+,30+/m1/s1. The lowest BCUT2D eigenvalue weighted by atomic mass is 9.44. The molecule has 0 aromatic rings. The number of carbonyl (C=O) groups excluding carboxylic acids is 1. The highest BCUT2D eigenvalue weighted by molar-refractivity contribution is 5.91. The Morgan fingerprint density at radius 3 is 2.36 bits per heavy atom. The smallest absolute Gasteiger partial charge is 0.155 e. The van der Waals surface area contributed by atoms with Crippen LogP contribution in [-0.4, -0.2) is 16.5 Å². The van der Waals surface area contributed by atoms with E-state index < -0.39 is 5.60 Å². The minimum atomic E-state index is -0.529. The van der Waals surface area contributed by atoms with Gasteiger partial charge in [-0.1, -0.05) is 57.9 Å². The zero-order chi connectivity index (χ0) is 23.7. The van der Waals surface area contributed by atoms with Crippen LogP contribution in [-0.2, 0) is 4.79 Å². The van der Waals surface area contributed by atoms with Crippen molar-refractivity contribution in [1.29, 1.82) is 5.26 Å². The predicted octanol–water partition coefficient (Wildman–Crippen LogP) is 7.53. The van der Waals surface area contributed by atoms with Crippen LogP contribution in [0.1, 0.15) is 124 Å². The maximum atomic E-state index is 12.3. The third-order valence-corrected chi connectivity index (χ3v) is 11.1. The molecule has 33 heavy (non-hydrogen) atoms. The first-order chi connectivity index (χ1) is 15.7. The number of nitrogens with zero attached hydrogens (tertiary/aromatic N) is 1. The molecule has 0 aromatic heterocycles. The van der Waals surface area contributed by atoms with Crippen molar-refractivity contribution in [3.63, 3.8) is 0 Å². The first-order valence-electron chi connectivity index (χ1n) is 14.1. The van der Waals surface area contributed by atoms with Crippen LogP contribution in [0.4, 0.5) is 0 Å². The molecule has 0 radical (unpaired) electrons. The van der Waals surface area contributed by atoms with Crippen LogP contribution in [0.5, 0.6) is 0 Å². The Hall–Kier alpha value is -1.14. The summed E-state index contributed by atoms with van der Waals surface area (Å²) in [6.45, 7) is 6.97. The highest BCUT2D eigenvalue weighted by Gasteiger charge is 2.64. The molecule has 7 atom stereocenters. The molecule has 4 rings (SSSR count). The first kappa shape index (κ1) is 25.0. The fourth-order valence-electron chi connectivity index (χ4n) is 8.74. The van der Waals surface area contributed by atoms with Gasteiger partial charge in [0.05, 0.1) is 11.7 Å². The van der Waals surface area contributed by atoms with E-state index in [4.69, 9.17) is 5.26 Å². The van der Waals surface area contributed by atoms with Gasteiger partial charge in [-0.2, -0.15) is 5.26 Å². The molecule has 4 aliphatic carbocycles. The third-order valence-electron chi connectivity index (χ3n) is 11.1. The molecule has 184 valence electrons. The van der Waals surface area contributed by atoms with Crippen LogP contribution in [0.2, 0.25) is 0 Å². The first-order valence-corrected chi connectivity index (χ1v) is 14.1. The van der Waals surface area contributed by atoms with E-state index >= 15 is 0 Å². The maximum Gasteiger partial charge on any atom is 0.155 e. The second-order valence-electron chi connectivity index (χ2n) is 12.7. The van der Waals surface area contributed by atoms with Crippen LogP contribution in [0.25, 0.3) is 0 Å². The van der Waals surface area contributed by atoms with Crippen LogP contribution in [0, 0.1) is 45.8 Å². The number of fused-ring (bicyclic) bond motifs is 5. The monoisotopic (exact) mass is 453 g/mol. The highest BCUT2D eigenvalue weighted by atomic mass is 16.3. The number of hydrogen-bond acceptors (Lipinski definition) is 3. The van der Waals surface area contributed by atoms with Gasteiger partial charge in [0.1, 0.15) is 0 Å². The summed E-state index contributed by atoms with van der Waals surface area (Å²) in [7, 11) is 0. The van der Waals surface area contributed by atoms with E-state index in [0.717, 1.165) is 38.5 Å². The average Bonchev–Trinajstić information content (AvgIpc) is 3.02. The van der Waals surface area contributed by atoms with Crippen LogP contribution in [0.15, 0.2) is 11.6 Å². The average molecular weight is 454 g/mol. The molecule has 0 heterocycles. The van der Waals surface area contributed by atoms with Crippen molar-refractivity contribution in [3.8, 4) is 6.07 Å². The molecule has 0 unspecified atom stereocenters. The molecular weight excluding hydrogens is 406 g/mol. The molecule has 0 spiro atoms. The van der Waals surface area contributed by atoms with Crippen LogP contribution < -0.4 is 0 Å². The normalized spacial score (nSPS) is 42.2. The highest BCUT2D eigenvalue weighted by Crippen LogP contribution is 2.69. The number of aliphatic hydroxyl groups is 1. The molecule has 3 nitrogen and oxygen atoms in total. The molecule has 3 heteroatoms. The van der Waals surface area contributed by atoms with E-state index in [1.54, 1.807) is 0 Å². The van der Waals surface area contributed by atoms with Crippen LogP contribution in [0.3, 0.4) is 0 Å². The Labute approximate surface area is 202 Å². The topological polar surface area (TPSA) is 61.1 Å². The molecule has 4 aliphatic rings. The van der Waals surface area contributed by atoms with E-state index in [1.807, 2.05) is 6.08 Å². The van der Waals surface area contributed by atoms with Gasteiger partial charge in [0.15, 0.2) is 5.78 Å². The fraction of sp³-hybridized carbons (Fsp3) is 0.867. The molecule has 0 saturated heterocycles. The number of unbranched alkanes of at least 4 members (excludes halogenated alkanes) is 7. The van der Waals surface area contributed by atoms with Crippen molar-refractivity contribution < 1.29 is 9.90 Å². The van der Waals surface area contributed by atoms with Gasteiger partial charge in [0, 0.05) is 12.8 Å². The number of ketones is 1. The molecule has 1 N–H and O–H groups in total. The lowest BCUT2D eigenvalue weighted by Crippen LogP contribution is -2.56. The Morgan fingerprint density at radius 2 is 1.64 bits per heavy atom. The number of hydrogen-bond donors (Lipinski definition) is 1. The van der Waals surface area contributed by atoms with E-state index in [-0.39, 0.29) is 10.8 Å². The molecule has 0 bridgehead atoms. The second kappa shape index (κ2) is 9.85.